The van der Waals surface area contributed by atoms with Gasteiger partial charge in [0.1, 0.15) is 13.3 Å². The molecule has 182 valence electrons. The van der Waals surface area contributed by atoms with Crippen molar-refractivity contribution in [3.8, 4) is 0 Å². The molecule has 1 rings (SSSR count). The molecule has 33 heavy (non-hydrogen) atoms. The van der Waals surface area contributed by atoms with Crippen LogP contribution in [0.2, 0.25) is 6.82 Å². The number of carbonyl (C=O) groups is 4. The maximum Gasteiger partial charge on any atom is 0.242 e. The molecule has 0 aliphatic heterocycles. The van der Waals surface area contributed by atoms with Crippen molar-refractivity contribution in [2.45, 2.75) is 57.5 Å². The van der Waals surface area contributed by atoms with Crippen LogP contribution in [0.3, 0.4) is 0 Å². The molecule has 0 fully saturated rings. The van der Waals surface area contributed by atoms with Gasteiger partial charge < -0.3 is 21.3 Å². The average molecular weight is 476 g/mol. The predicted octanol–water partition coefficient (Wildman–Crippen LogP) is 0.817. The average Bonchev–Trinajstić information content (AvgIpc) is 2.83. The molecule has 0 saturated carbocycles. The van der Waals surface area contributed by atoms with Crippen molar-refractivity contribution in [3.05, 3.63) is 35.9 Å². The predicted molar refractivity (Wildman–Crippen MR) is 136 cm³/mol. The Bertz CT molecular complexity index is 767. The molecule has 0 aliphatic rings. The van der Waals surface area contributed by atoms with Crippen LogP contribution in [0.4, 0.5) is 0 Å². The fourth-order valence-electron chi connectivity index (χ4n) is 3.35. The van der Waals surface area contributed by atoms with E-state index in [1.807, 2.05) is 30.3 Å². The molecular formula is C23H37BN4O4S. The number of hydrogen-bond acceptors (Lipinski definition) is 5. The summed E-state index contributed by atoms with van der Waals surface area (Å²) in [5.74, 6) is -1.15. The van der Waals surface area contributed by atoms with Gasteiger partial charge in [-0.15, -0.1) is 0 Å². The first-order chi connectivity index (χ1) is 15.8. The van der Waals surface area contributed by atoms with Gasteiger partial charge in [0, 0.05) is 13.0 Å². The SMILES string of the molecule is CBC(CC)(CC)SCC(=O)NCC(=O)NCC(=O)NC(Cc1ccccc1)C(=O)NCC. The summed E-state index contributed by atoms with van der Waals surface area (Å²) in [5.41, 5.74) is 0.914. The number of thioether (sulfide) groups is 1. The van der Waals surface area contributed by atoms with Crippen LogP contribution in [0.5, 0.6) is 0 Å². The summed E-state index contributed by atoms with van der Waals surface area (Å²) in [4.78, 5) is 48.8. The Labute approximate surface area is 202 Å². The van der Waals surface area contributed by atoms with Gasteiger partial charge in [0.2, 0.25) is 23.6 Å². The lowest BCUT2D eigenvalue weighted by molar-refractivity contribution is -0.130. The third kappa shape index (κ3) is 10.8. The van der Waals surface area contributed by atoms with E-state index in [4.69, 9.17) is 0 Å². The summed E-state index contributed by atoms with van der Waals surface area (Å²) in [6.45, 7) is 8.13. The molecule has 10 heteroatoms. The standard InChI is InChI=1S/C23H37BN4O4S/c1-5-23(6-2,24-4)33-16-21(31)27-14-19(29)26-15-20(30)28-18(22(32)25-7-3)13-17-11-9-8-10-12-17/h8-12,18,24H,5-7,13-16H2,1-4H3,(H,25,32)(H,26,29)(H,27,31)(H,28,30). The molecule has 1 aromatic carbocycles. The van der Waals surface area contributed by atoms with Gasteiger partial charge in [0.15, 0.2) is 0 Å². The Morgan fingerprint density at radius 1 is 0.909 bits per heavy atom. The minimum Gasteiger partial charge on any atom is -0.355 e. The molecule has 0 saturated heterocycles. The van der Waals surface area contributed by atoms with Crippen molar-refractivity contribution in [2.24, 2.45) is 0 Å². The fourth-order valence-corrected chi connectivity index (χ4v) is 4.50. The molecule has 0 spiro atoms. The Morgan fingerprint density at radius 3 is 2.09 bits per heavy atom. The van der Waals surface area contributed by atoms with Crippen LogP contribution in [0, 0.1) is 0 Å². The number of benzene rings is 1. The summed E-state index contributed by atoms with van der Waals surface area (Å²) in [5, 5.41) is 10.5. The maximum atomic E-state index is 12.3. The Kier molecular flexibility index (Phi) is 13.3. The first-order valence-corrected chi connectivity index (χ1v) is 12.6. The molecule has 8 nitrogen and oxygen atoms in total. The van der Waals surface area contributed by atoms with Crippen LogP contribution in [0.1, 0.15) is 39.2 Å². The van der Waals surface area contributed by atoms with Gasteiger partial charge in [-0.05, 0) is 30.0 Å². The third-order valence-electron chi connectivity index (χ3n) is 5.62. The fraction of sp³-hybridized carbons (Fsp3) is 0.565. The molecule has 0 radical (unpaired) electrons. The highest BCUT2D eigenvalue weighted by atomic mass is 32.2. The second-order valence-corrected chi connectivity index (χ2v) is 9.23. The second-order valence-electron chi connectivity index (χ2n) is 7.79. The van der Waals surface area contributed by atoms with E-state index in [0.29, 0.717) is 13.0 Å². The summed E-state index contributed by atoms with van der Waals surface area (Å²) in [6.07, 6.45) is 2.30. The molecule has 0 aliphatic carbocycles. The lowest BCUT2D eigenvalue weighted by atomic mass is 9.63. The zero-order valence-corrected chi connectivity index (χ0v) is 21.0. The number of likely N-dealkylation sites (N-methyl/N-ethyl adjacent to an activating group) is 1. The van der Waals surface area contributed by atoms with Crippen molar-refractivity contribution < 1.29 is 19.2 Å². The van der Waals surface area contributed by atoms with Crippen LogP contribution >= 0.6 is 11.8 Å². The van der Waals surface area contributed by atoms with Crippen LogP contribution in [-0.2, 0) is 25.6 Å². The van der Waals surface area contributed by atoms with Crippen LogP contribution < -0.4 is 21.3 Å². The van der Waals surface area contributed by atoms with Crippen molar-refractivity contribution in [1.82, 2.24) is 21.3 Å². The van der Waals surface area contributed by atoms with Crippen molar-refractivity contribution in [2.75, 3.05) is 25.4 Å². The van der Waals surface area contributed by atoms with Gasteiger partial charge in [0.05, 0.1) is 18.8 Å². The largest absolute Gasteiger partial charge is 0.355 e. The Morgan fingerprint density at radius 2 is 1.52 bits per heavy atom. The molecule has 1 unspecified atom stereocenters. The highest BCUT2D eigenvalue weighted by Crippen LogP contribution is 2.31. The summed E-state index contributed by atoms with van der Waals surface area (Å²) in [6, 6.07) is 8.63. The second kappa shape index (κ2) is 15.4. The van der Waals surface area contributed by atoms with Gasteiger partial charge >= 0.3 is 0 Å². The van der Waals surface area contributed by atoms with Gasteiger partial charge in [-0.3, -0.25) is 19.2 Å². The van der Waals surface area contributed by atoms with E-state index in [9.17, 15) is 19.2 Å². The number of amides is 4. The van der Waals surface area contributed by atoms with E-state index in [2.05, 4.69) is 41.9 Å². The third-order valence-corrected chi connectivity index (χ3v) is 7.50. The van der Waals surface area contributed by atoms with Crippen LogP contribution in [0.25, 0.3) is 0 Å². The summed E-state index contributed by atoms with van der Waals surface area (Å²) < 4.78 is 0.0814. The molecule has 0 heterocycles. The highest BCUT2D eigenvalue weighted by molar-refractivity contribution is 8.02. The number of carbonyl (C=O) groups excluding carboxylic acids is 4. The van der Waals surface area contributed by atoms with E-state index in [1.165, 1.54) is 0 Å². The quantitative estimate of drug-likeness (QED) is 0.280. The minimum absolute atomic E-state index is 0.0814. The van der Waals surface area contributed by atoms with Crippen molar-refractivity contribution >= 4 is 42.7 Å². The molecule has 0 bridgehead atoms. The van der Waals surface area contributed by atoms with Gasteiger partial charge in [-0.2, -0.15) is 11.8 Å². The summed E-state index contributed by atoms with van der Waals surface area (Å²) in [7, 11) is 0.981. The van der Waals surface area contributed by atoms with Gasteiger partial charge in [-0.25, -0.2) is 0 Å². The lowest BCUT2D eigenvalue weighted by Crippen LogP contribution is -2.51. The first-order valence-electron chi connectivity index (χ1n) is 11.6. The monoisotopic (exact) mass is 476 g/mol. The molecule has 0 aromatic heterocycles. The zero-order valence-electron chi connectivity index (χ0n) is 20.2. The van der Waals surface area contributed by atoms with E-state index in [0.717, 1.165) is 25.7 Å². The molecule has 1 aromatic rings. The number of hydrogen-bond donors (Lipinski definition) is 4. The molecule has 4 amide bonds. The Hall–Kier alpha value is -2.49. The van der Waals surface area contributed by atoms with E-state index in [1.54, 1.807) is 18.7 Å². The van der Waals surface area contributed by atoms with Crippen molar-refractivity contribution in [3.63, 3.8) is 0 Å². The van der Waals surface area contributed by atoms with Crippen LogP contribution in [-0.4, -0.2) is 67.0 Å². The highest BCUT2D eigenvalue weighted by Gasteiger charge is 2.26. The van der Waals surface area contributed by atoms with Gasteiger partial charge in [0.25, 0.3) is 0 Å². The number of rotatable bonds is 15. The van der Waals surface area contributed by atoms with Crippen molar-refractivity contribution in [1.29, 1.82) is 0 Å². The first kappa shape index (κ1) is 28.5. The van der Waals surface area contributed by atoms with Crippen LogP contribution in [0.15, 0.2) is 30.3 Å². The smallest absolute Gasteiger partial charge is 0.242 e. The number of nitrogens with one attached hydrogen (secondary N) is 4. The van der Waals surface area contributed by atoms with Gasteiger partial charge in [-0.1, -0.05) is 51.0 Å². The molecule has 4 N–H and O–H groups in total. The lowest BCUT2D eigenvalue weighted by Gasteiger charge is -2.28. The molecular weight excluding hydrogens is 439 g/mol. The zero-order chi connectivity index (χ0) is 24.7. The van der Waals surface area contributed by atoms with E-state index >= 15 is 0 Å². The topological polar surface area (TPSA) is 116 Å². The van der Waals surface area contributed by atoms with E-state index < -0.39 is 17.9 Å². The maximum absolute atomic E-state index is 12.3. The Balaban J connectivity index is 2.45. The normalized spacial score (nSPS) is 11.8. The summed E-state index contributed by atoms with van der Waals surface area (Å²) >= 11 is 1.62. The minimum atomic E-state index is -0.746. The molecule has 1 atom stereocenters. The van der Waals surface area contributed by atoms with E-state index in [-0.39, 0.29) is 35.3 Å².